The smallest absolute Gasteiger partial charge is 0.253 e. The molecular formula is C99H129N21O6. The molecule has 6 N–H and O–H groups in total. The summed E-state index contributed by atoms with van der Waals surface area (Å²) in [5, 5.41) is 25.2. The number of hydrogen-bond acceptors (Lipinski definition) is 18. The van der Waals surface area contributed by atoms with Crippen LogP contribution in [0, 0.1) is 20.8 Å². The number of amides is 3. The minimum Gasteiger partial charge on any atom is -0.354 e. The van der Waals surface area contributed by atoms with Crippen LogP contribution in [0.15, 0.2) is 143 Å². The number of nitrogens with zero attached hydrogens (tertiary/aromatic N) is 15. The van der Waals surface area contributed by atoms with E-state index in [4.69, 9.17) is 15.0 Å². The molecule has 12 heterocycles. The minimum atomic E-state index is -0.236. The van der Waals surface area contributed by atoms with Gasteiger partial charge >= 0.3 is 0 Å². The van der Waals surface area contributed by atoms with Gasteiger partial charge in [-0.05, 0) is 247 Å². The lowest BCUT2D eigenvalue weighted by atomic mass is 10.00. The second-order valence-electron chi connectivity index (χ2n) is 35.6. The molecule has 0 radical (unpaired) electrons. The first-order chi connectivity index (χ1) is 60.5. The molecule has 666 valence electrons. The largest absolute Gasteiger partial charge is 0.354 e. The summed E-state index contributed by atoms with van der Waals surface area (Å²) in [6.07, 6.45) is 16.1. The van der Waals surface area contributed by atoms with Crippen LogP contribution in [0.4, 0.5) is 17.5 Å². The molecule has 27 nitrogen and oxygen atoms in total. The molecule has 15 rings (SSSR count). The third-order valence-corrected chi connectivity index (χ3v) is 24.6. The molecule has 3 aromatic carbocycles. The van der Waals surface area contributed by atoms with Crippen molar-refractivity contribution in [3.63, 3.8) is 0 Å². The number of H-pyrrole nitrogens is 3. The number of pyridine rings is 6. The highest BCUT2D eigenvalue weighted by Crippen LogP contribution is 2.35. The molecule has 27 heteroatoms. The average Bonchev–Trinajstić information content (AvgIpc) is 1.59. The van der Waals surface area contributed by atoms with E-state index in [-0.39, 0.29) is 72.2 Å². The Kier molecular flexibility index (Phi) is 29.9. The van der Waals surface area contributed by atoms with Crippen molar-refractivity contribution in [2.45, 2.75) is 219 Å². The lowest BCUT2D eigenvalue weighted by Gasteiger charge is -2.37. The molecule has 126 heavy (non-hydrogen) atoms. The Bertz CT molecular complexity index is 5410. The van der Waals surface area contributed by atoms with Crippen LogP contribution in [-0.4, -0.2) is 188 Å². The van der Waals surface area contributed by atoms with E-state index in [0.717, 1.165) is 234 Å². The van der Waals surface area contributed by atoms with E-state index >= 15 is 0 Å². The van der Waals surface area contributed by atoms with E-state index < -0.39 is 0 Å². The number of fused-ring (bicyclic) bond motifs is 3. The number of rotatable bonds is 27. The summed E-state index contributed by atoms with van der Waals surface area (Å²) in [6, 6.07) is 32.5. The molecule has 3 saturated heterocycles. The van der Waals surface area contributed by atoms with E-state index in [1.807, 2.05) is 89.8 Å². The fraction of sp³-hybridized carbons (Fsp3) is 0.455. The maximum Gasteiger partial charge on any atom is 0.253 e. The molecule has 0 aliphatic carbocycles. The first kappa shape index (κ1) is 91.7. The zero-order valence-corrected chi connectivity index (χ0v) is 77.1. The zero-order chi connectivity index (χ0) is 89.9. The number of piperazine rings is 3. The van der Waals surface area contributed by atoms with Crippen molar-refractivity contribution in [3.05, 3.63) is 226 Å². The van der Waals surface area contributed by atoms with Crippen LogP contribution in [0.3, 0.4) is 0 Å². The van der Waals surface area contributed by atoms with Crippen LogP contribution in [-0.2, 0) is 38.9 Å². The van der Waals surface area contributed by atoms with E-state index in [9.17, 15) is 28.8 Å². The topological polar surface area (TPSA) is 297 Å². The normalized spacial score (nSPS) is 14.3. The first-order valence-electron chi connectivity index (χ1n) is 45.4. The highest BCUT2D eigenvalue weighted by molar-refractivity contribution is 6.10. The van der Waals surface area contributed by atoms with E-state index in [2.05, 4.69) is 234 Å². The number of nitrogens with one attached hydrogen (secondary N) is 6. The number of aryl methyl sites for hydroxylation is 6. The summed E-state index contributed by atoms with van der Waals surface area (Å²) in [7, 11) is 0. The Morgan fingerprint density at radius 1 is 0.333 bits per heavy atom. The predicted molar refractivity (Wildman–Crippen MR) is 508 cm³/mol. The lowest BCUT2D eigenvalue weighted by Crippen LogP contribution is -2.49. The van der Waals surface area contributed by atoms with Crippen molar-refractivity contribution in [1.82, 2.24) is 89.9 Å². The molecule has 0 unspecified atom stereocenters. The molecule has 0 bridgehead atoms. The molecule has 0 spiro atoms. The van der Waals surface area contributed by atoms with Crippen LogP contribution in [0.25, 0.3) is 66.1 Å². The SMILES string of the molecule is CCCc1cc(C)[nH]c(=O)c1CNC(=O)c1cc(-c2ccc(N3CCN(C(C)C)CC3)nc2)cc2c1cnn2C(C)C.CCCc1cc(C)[nH]c(=O)c1CNC(=O)c1cc(-c2ccc(N3CCN(C(C)C)CC3)nc2)cc2c1cnn2C(C)C.CCCc1cc(C)[nH]c(=O)c1CNC(=O)c1cc(-c2ccc(N3CCN(C(C)C)CC3)nc2)cc2c1cnn2C(C)C. The number of carbonyl (C=O) groups excluding carboxylic acids is 3. The summed E-state index contributed by atoms with van der Waals surface area (Å²) in [4.78, 5) is 117. The maximum absolute atomic E-state index is 13.7. The van der Waals surface area contributed by atoms with Gasteiger partial charge in [0.05, 0.1) is 51.8 Å². The van der Waals surface area contributed by atoms with Crippen LogP contribution in [0.2, 0.25) is 0 Å². The fourth-order valence-electron chi connectivity index (χ4n) is 17.6. The molecular weight excluding hydrogens is 1580 g/mol. The monoisotopic (exact) mass is 1710 g/mol. The highest BCUT2D eigenvalue weighted by Gasteiger charge is 2.28. The van der Waals surface area contributed by atoms with Gasteiger partial charge in [-0.25, -0.2) is 15.0 Å². The maximum atomic E-state index is 13.7. The Labute approximate surface area is 740 Å². The summed E-state index contributed by atoms with van der Waals surface area (Å²) in [6.45, 7) is 50.2. The van der Waals surface area contributed by atoms with Crippen molar-refractivity contribution in [1.29, 1.82) is 0 Å². The molecule has 9 aromatic heterocycles. The molecule has 3 fully saturated rings. The number of carbonyl (C=O) groups is 3. The van der Waals surface area contributed by atoms with Crippen molar-refractivity contribution in [2.24, 2.45) is 0 Å². The van der Waals surface area contributed by atoms with Gasteiger partial charge in [0, 0.05) is 220 Å². The van der Waals surface area contributed by atoms with Crippen molar-refractivity contribution >= 4 is 67.9 Å². The standard InChI is InChI=1S/3C33H43N7O2/c3*1-7-8-24-15-23(6)37-33(42)28(24)19-35-32(41)27-16-26(17-30-29(27)20-36-40(30)22(4)5)25-9-10-31(34-18-25)39-13-11-38(12-14-39)21(2)3/h3*9-10,15-18,20-22H,7-8,11-14,19H2,1-6H3,(H,35,41)(H,37,42). The predicted octanol–water partition coefficient (Wildman–Crippen LogP) is 15.3. The molecule has 3 aliphatic rings. The number of aromatic nitrogens is 12. The van der Waals surface area contributed by atoms with Gasteiger partial charge in [0.1, 0.15) is 17.5 Å². The van der Waals surface area contributed by atoms with Crippen LogP contribution < -0.4 is 47.3 Å². The van der Waals surface area contributed by atoms with Crippen molar-refractivity contribution in [3.8, 4) is 33.4 Å². The Morgan fingerprint density at radius 3 is 0.802 bits per heavy atom. The molecule has 0 atom stereocenters. The number of benzene rings is 3. The minimum absolute atomic E-state index is 0.126. The lowest BCUT2D eigenvalue weighted by molar-refractivity contribution is 0.0944. The Balaban J connectivity index is 0.000000162. The number of aromatic amines is 3. The second-order valence-corrected chi connectivity index (χ2v) is 35.6. The molecule has 3 amide bonds. The summed E-state index contributed by atoms with van der Waals surface area (Å²) >= 11 is 0. The average molecular weight is 1710 g/mol. The van der Waals surface area contributed by atoms with E-state index in [1.165, 1.54) is 0 Å². The number of anilines is 3. The molecule has 12 aromatic rings. The van der Waals surface area contributed by atoms with Crippen molar-refractivity contribution < 1.29 is 14.4 Å². The van der Waals surface area contributed by atoms with Crippen LogP contribution >= 0.6 is 0 Å². The van der Waals surface area contributed by atoms with Crippen LogP contribution in [0.1, 0.15) is 223 Å². The summed E-state index contributed by atoms with van der Waals surface area (Å²) in [5.41, 5.74) is 16.5. The van der Waals surface area contributed by atoms with Gasteiger partial charge in [-0.2, -0.15) is 15.3 Å². The van der Waals surface area contributed by atoms with Gasteiger partial charge in [-0.15, -0.1) is 0 Å². The zero-order valence-electron chi connectivity index (χ0n) is 77.1. The van der Waals surface area contributed by atoms with Gasteiger partial charge in [0.15, 0.2) is 0 Å². The Morgan fingerprint density at radius 2 is 0.587 bits per heavy atom. The van der Waals surface area contributed by atoms with Gasteiger partial charge < -0.3 is 45.6 Å². The van der Waals surface area contributed by atoms with Gasteiger partial charge in [-0.3, -0.25) is 57.5 Å². The van der Waals surface area contributed by atoms with Gasteiger partial charge in [0.25, 0.3) is 34.4 Å². The molecule has 0 saturated carbocycles. The molecule has 3 aliphatic heterocycles. The third kappa shape index (κ3) is 21.2. The van der Waals surface area contributed by atoms with Crippen molar-refractivity contribution in [2.75, 3.05) is 93.2 Å². The Hall–Kier alpha value is -11.9. The summed E-state index contributed by atoms with van der Waals surface area (Å²) in [5.74, 6) is 2.21. The second kappa shape index (κ2) is 41.0. The van der Waals surface area contributed by atoms with Crippen LogP contribution in [0.5, 0.6) is 0 Å². The van der Waals surface area contributed by atoms with Gasteiger partial charge in [-0.1, -0.05) is 40.0 Å². The fourth-order valence-corrected chi connectivity index (χ4v) is 17.6. The quantitative estimate of drug-likeness (QED) is 0.0279. The third-order valence-electron chi connectivity index (χ3n) is 24.6. The van der Waals surface area contributed by atoms with E-state index in [0.29, 0.717) is 51.5 Å². The van der Waals surface area contributed by atoms with Gasteiger partial charge in [0.2, 0.25) is 0 Å². The highest BCUT2D eigenvalue weighted by atomic mass is 16.2. The van der Waals surface area contributed by atoms with E-state index in [1.54, 1.807) is 18.6 Å². The number of hydrogen-bond donors (Lipinski definition) is 6. The first-order valence-corrected chi connectivity index (χ1v) is 45.4. The summed E-state index contributed by atoms with van der Waals surface area (Å²) < 4.78 is 5.82.